The second kappa shape index (κ2) is 3.82. The Morgan fingerprint density at radius 1 is 1.05 bits per heavy atom. The summed E-state index contributed by atoms with van der Waals surface area (Å²) in [4.78, 5) is 0. The van der Waals surface area contributed by atoms with Crippen molar-refractivity contribution in [2.24, 2.45) is 0 Å². The van der Waals surface area contributed by atoms with Crippen LogP contribution >= 0.6 is 0 Å². The lowest BCUT2D eigenvalue weighted by molar-refractivity contribution is 0.907. The van der Waals surface area contributed by atoms with Crippen LogP contribution in [0.5, 0.6) is 0 Å². The van der Waals surface area contributed by atoms with Crippen LogP contribution in [0.2, 0.25) is 0 Å². The number of benzene rings is 2. The Hall–Kier alpha value is -2.35. The molecular formula is C17H14N2. The summed E-state index contributed by atoms with van der Waals surface area (Å²) in [5.41, 5.74) is 6.46. The van der Waals surface area contributed by atoms with E-state index in [1.165, 1.54) is 27.8 Å². The molecule has 0 aliphatic heterocycles. The van der Waals surface area contributed by atoms with Crippen molar-refractivity contribution in [2.75, 3.05) is 0 Å². The molecule has 4 rings (SSSR count). The van der Waals surface area contributed by atoms with Crippen molar-refractivity contribution in [3.63, 3.8) is 0 Å². The van der Waals surface area contributed by atoms with Gasteiger partial charge in [-0.3, -0.25) is 0 Å². The molecule has 1 aliphatic carbocycles. The number of hydrogen-bond donors (Lipinski definition) is 0. The maximum absolute atomic E-state index is 4.56. The van der Waals surface area contributed by atoms with E-state index in [-0.39, 0.29) is 0 Å². The van der Waals surface area contributed by atoms with Gasteiger partial charge >= 0.3 is 0 Å². The van der Waals surface area contributed by atoms with E-state index in [1.54, 1.807) is 0 Å². The monoisotopic (exact) mass is 246 g/mol. The first-order chi connectivity index (χ1) is 9.33. The van der Waals surface area contributed by atoms with Gasteiger partial charge in [0.1, 0.15) is 0 Å². The highest BCUT2D eigenvalue weighted by atomic mass is 15.3. The Bertz CT molecular complexity index is 809. The van der Waals surface area contributed by atoms with E-state index in [0.29, 0.717) is 0 Å². The summed E-state index contributed by atoms with van der Waals surface area (Å²) in [5, 5.41) is 5.73. The lowest BCUT2D eigenvalue weighted by Crippen LogP contribution is -1.99. The second-order valence-electron chi connectivity index (χ2n) is 5.13. The molecule has 0 spiro atoms. The molecule has 1 aromatic heterocycles. The first-order valence-electron chi connectivity index (χ1n) is 6.55. The number of aromatic nitrogens is 2. The number of nitrogens with zero attached hydrogens (tertiary/aromatic N) is 2. The van der Waals surface area contributed by atoms with Crippen LogP contribution in [0.15, 0.2) is 54.2 Å². The Kier molecular flexibility index (Phi) is 2.12. The van der Waals surface area contributed by atoms with E-state index in [9.17, 15) is 0 Å². The van der Waals surface area contributed by atoms with Gasteiger partial charge in [-0.1, -0.05) is 42.0 Å². The standard InChI is InChI=1S/C17H14N2/c1-12-9-13-6-4-8-17(15(13)10-12)19-16-7-3-2-5-14(16)11-18-19/h2-8,10-11H,9H2,1H3. The predicted octanol–water partition coefficient (Wildman–Crippen LogP) is 3.98. The summed E-state index contributed by atoms with van der Waals surface area (Å²) < 4.78 is 2.04. The first-order valence-corrected chi connectivity index (χ1v) is 6.55. The van der Waals surface area contributed by atoms with Gasteiger partial charge in [-0.05, 0) is 31.0 Å². The molecule has 2 heteroatoms. The van der Waals surface area contributed by atoms with Gasteiger partial charge in [0.05, 0.1) is 17.4 Å². The predicted molar refractivity (Wildman–Crippen MR) is 78.4 cm³/mol. The minimum Gasteiger partial charge on any atom is -0.232 e. The van der Waals surface area contributed by atoms with Crippen LogP contribution in [0.4, 0.5) is 0 Å². The first kappa shape index (κ1) is 10.6. The zero-order valence-electron chi connectivity index (χ0n) is 10.8. The fourth-order valence-corrected chi connectivity index (χ4v) is 2.87. The van der Waals surface area contributed by atoms with E-state index in [0.717, 1.165) is 11.9 Å². The van der Waals surface area contributed by atoms with Crippen LogP contribution in [-0.2, 0) is 6.42 Å². The molecule has 0 N–H and O–H groups in total. The van der Waals surface area contributed by atoms with Crippen molar-refractivity contribution in [3.05, 3.63) is 65.4 Å². The molecule has 1 aliphatic rings. The topological polar surface area (TPSA) is 17.8 Å². The third-order valence-electron chi connectivity index (χ3n) is 3.74. The zero-order valence-corrected chi connectivity index (χ0v) is 10.8. The Balaban J connectivity index is 2.02. The van der Waals surface area contributed by atoms with Crippen molar-refractivity contribution in [1.29, 1.82) is 0 Å². The third-order valence-corrected chi connectivity index (χ3v) is 3.74. The molecule has 2 aromatic carbocycles. The summed E-state index contributed by atoms with van der Waals surface area (Å²) in [6, 6.07) is 14.8. The van der Waals surface area contributed by atoms with Crippen molar-refractivity contribution in [1.82, 2.24) is 9.78 Å². The SMILES string of the molecule is CC1=Cc2c(cccc2-n2ncc3ccccc32)C1. The van der Waals surface area contributed by atoms with Crippen LogP contribution in [-0.4, -0.2) is 9.78 Å². The molecule has 0 unspecified atom stereocenters. The minimum absolute atomic E-state index is 1.06. The van der Waals surface area contributed by atoms with Gasteiger partial charge in [0.15, 0.2) is 0 Å². The molecule has 0 bridgehead atoms. The van der Waals surface area contributed by atoms with Crippen LogP contribution in [0.25, 0.3) is 22.7 Å². The summed E-state index contributed by atoms with van der Waals surface area (Å²) in [6.45, 7) is 2.19. The summed E-state index contributed by atoms with van der Waals surface area (Å²) >= 11 is 0. The lowest BCUT2D eigenvalue weighted by Gasteiger charge is -2.08. The van der Waals surface area contributed by atoms with E-state index >= 15 is 0 Å². The Labute approximate surface area is 112 Å². The molecule has 0 saturated heterocycles. The Morgan fingerprint density at radius 3 is 2.89 bits per heavy atom. The smallest absolute Gasteiger partial charge is 0.0741 e. The van der Waals surface area contributed by atoms with Crippen molar-refractivity contribution in [2.45, 2.75) is 13.3 Å². The number of para-hydroxylation sites is 1. The molecule has 92 valence electrons. The fraction of sp³-hybridized carbons (Fsp3) is 0.118. The lowest BCUT2D eigenvalue weighted by atomic mass is 10.1. The molecule has 0 saturated carbocycles. The maximum Gasteiger partial charge on any atom is 0.0741 e. The molecule has 3 aromatic rings. The number of fused-ring (bicyclic) bond motifs is 2. The minimum atomic E-state index is 1.06. The van der Waals surface area contributed by atoms with Crippen LogP contribution in [0.3, 0.4) is 0 Å². The Morgan fingerprint density at radius 2 is 1.95 bits per heavy atom. The number of allylic oxidation sites excluding steroid dienone is 1. The maximum atomic E-state index is 4.56. The zero-order chi connectivity index (χ0) is 12.8. The molecule has 0 fully saturated rings. The van der Waals surface area contributed by atoms with Gasteiger partial charge < -0.3 is 0 Å². The molecule has 19 heavy (non-hydrogen) atoms. The normalized spacial score (nSPS) is 13.6. The van der Waals surface area contributed by atoms with Gasteiger partial charge in [-0.15, -0.1) is 0 Å². The molecule has 0 amide bonds. The van der Waals surface area contributed by atoms with Crippen molar-refractivity contribution < 1.29 is 0 Å². The highest BCUT2D eigenvalue weighted by molar-refractivity contribution is 5.82. The summed E-state index contributed by atoms with van der Waals surface area (Å²) in [6.07, 6.45) is 5.27. The number of hydrogen-bond acceptors (Lipinski definition) is 1. The molecule has 0 atom stereocenters. The molecule has 1 heterocycles. The van der Waals surface area contributed by atoms with Gasteiger partial charge in [0.2, 0.25) is 0 Å². The average Bonchev–Trinajstić information content (AvgIpc) is 3.00. The molecular weight excluding hydrogens is 232 g/mol. The van der Waals surface area contributed by atoms with Crippen molar-refractivity contribution in [3.8, 4) is 5.69 Å². The fourth-order valence-electron chi connectivity index (χ4n) is 2.87. The van der Waals surface area contributed by atoms with Gasteiger partial charge in [-0.2, -0.15) is 5.10 Å². The largest absolute Gasteiger partial charge is 0.232 e. The van der Waals surface area contributed by atoms with E-state index < -0.39 is 0 Å². The third kappa shape index (κ3) is 1.53. The summed E-state index contributed by atoms with van der Waals surface area (Å²) in [7, 11) is 0. The van der Waals surface area contributed by atoms with Crippen LogP contribution in [0, 0.1) is 0 Å². The molecule has 0 radical (unpaired) electrons. The van der Waals surface area contributed by atoms with Gasteiger partial charge in [0.25, 0.3) is 0 Å². The van der Waals surface area contributed by atoms with Crippen LogP contribution in [0.1, 0.15) is 18.1 Å². The van der Waals surface area contributed by atoms with Gasteiger partial charge in [0, 0.05) is 10.9 Å². The highest BCUT2D eigenvalue weighted by Crippen LogP contribution is 2.31. The summed E-state index contributed by atoms with van der Waals surface area (Å²) in [5.74, 6) is 0. The van der Waals surface area contributed by atoms with E-state index in [4.69, 9.17) is 0 Å². The van der Waals surface area contributed by atoms with Crippen LogP contribution < -0.4 is 0 Å². The molecule has 2 nitrogen and oxygen atoms in total. The quantitative estimate of drug-likeness (QED) is 0.635. The number of rotatable bonds is 1. The average molecular weight is 246 g/mol. The van der Waals surface area contributed by atoms with E-state index in [2.05, 4.69) is 54.5 Å². The highest BCUT2D eigenvalue weighted by Gasteiger charge is 2.15. The van der Waals surface area contributed by atoms with Crippen molar-refractivity contribution >= 4 is 17.0 Å². The van der Waals surface area contributed by atoms with Gasteiger partial charge in [-0.25, -0.2) is 4.68 Å². The second-order valence-corrected chi connectivity index (χ2v) is 5.13. The van der Waals surface area contributed by atoms with E-state index in [1.807, 2.05) is 16.9 Å².